The summed E-state index contributed by atoms with van der Waals surface area (Å²) in [7, 11) is 0. The van der Waals surface area contributed by atoms with E-state index in [1.54, 1.807) is 19.1 Å². The van der Waals surface area contributed by atoms with Crippen molar-refractivity contribution in [2.75, 3.05) is 6.61 Å². The Morgan fingerprint density at radius 2 is 2.38 bits per heavy atom. The first-order valence-electron chi connectivity index (χ1n) is 6.43. The Morgan fingerprint density at radius 1 is 1.52 bits per heavy atom. The fourth-order valence-corrected chi connectivity index (χ4v) is 1.66. The van der Waals surface area contributed by atoms with Crippen LogP contribution in [0.15, 0.2) is 24.7 Å². The Balaban J connectivity index is 2.14. The number of pyridine rings is 1. The molecule has 0 spiro atoms. The van der Waals surface area contributed by atoms with E-state index in [0.29, 0.717) is 17.8 Å². The number of carbonyl (C=O) groups is 1. The first-order valence-corrected chi connectivity index (χ1v) is 6.43. The maximum absolute atomic E-state index is 12.3. The van der Waals surface area contributed by atoms with Crippen molar-refractivity contribution in [1.29, 1.82) is 0 Å². The zero-order valence-corrected chi connectivity index (χ0v) is 11.5. The van der Waals surface area contributed by atoms with E-state index >= 15 is 0 Å². The van der Waals surface area contributed by atoms with Gasteiger partial charge >= 0.3 is 0 Å². The highest BCUT2D eigenvalue weighted by atomic mass is 16.2. The standard InChI is InChI=1S/C14H15N5O2/c1-10(13-16-9-17-19-13)18-14(21)12-11(5-2-3-8-20)6-4-7-15-12/h4,6-7,9-10,20H,3,8H2,1H3,(H,18,21)(H,16,17,19). The number of nitrogens with one attached hydrogen (secondary N) is 2. The Labute approximate surface area is 121 Å². The second-order valence-electron chi connectivity index (χ2n) is 4.24. The molecule has 1 atom stereocenters. The first kappa shape index (κ1) is 14.7. The molecule has 1 amide bonds. The van der Waals surface area contributed by atoms with Crippen molar-refractivity contribution in [2.24, 2.45) is 0 Å². The minimum absolute atomic E-state index is 0.0165. The molecule has 0 radical (unpaired) electrons. The van der Waals surface area contributed by atoms with Crippen molar-refractivity contribution < 1.29 is 9.90 Å². The summed E-state index contributed by atoms with van der Waals surface area (Å²) >= 11 is 0. The molecule has 0 saturated heterocycles. The van der Waals surface area contributed by atoms with Crippen molar-refractivity contribution >= 4 is 5.91 Å². The molecule has 0 aromatic carbocycles. The number of aliphatic hydroxyl groups is 1. The van der Waals surface area contributed by atoms with E-state index in [4.69, 9.17) is 5.11 Å². The van der Waals surface area contributed by atoms with Gasteiger partial charge in [-0.25, -0.2) is 9.97 Å². The Kier molecular flexibility index (Phi) is 5.01. The van der Waals surface area contributed by atoms with E-state index in [1.165, 1.54) is 12.5 Å². The van der Waals surface area contributed by atoms with Crippen LogP contribution in [0.1, 0.15) is 41.3 Å². The molecule has 0 bridgehead atoms. The average Bonchev–Trinajstić information content (AvgIpc) is 3.02. The fraction of sp³-hybridized carbons (Fsp3) is 0.286. The molecule has 1 unspecified atom stereocenters. The second kappa shape index (κ2) is 7.17. The number of hydrogen-bond donors (Lipinski definition) is 3. The summed E-state index contributed by atoms with van der Waals surface area (Å²) in [5.41, 5.74) is 0.766. The van der Waals surface area contributed by atoms with Crippen LogP contribution in [-0.4, -0.2) is 37.8 Å². The lowest BCUT2D eigenvalue weighted by Crippen LogP contribution is -2.28. The number of carbonyl (C=O) groups excluding carboxylic acids is 1. The number of aromatic amines is 1. The Hall–Kier alpha value is -2.72. The van der Waals surface area contributed by atoms with E-state index in [0.717, 1.165) is 0 Å². The zero-order chi connectivity index (χ0) is 15.1. The number of hydrogen-bond acceptors (Lipinski definition) is 5. The minimum Gasteiger partial charge on any atom is -0.395 e. The third-order valence-corrected chi connectivity index (χ3v) is 2.67. The van der Waals surface area contributed by atoms with Crippen LogP contribution in [0.3, 0.4) is 0 Å². The summed E-state index contributed by atoms with van der Waals surface area (Å²) in [4.78, 5) is 20.3. The van der Waals surface area contributed by atoms with Crippen LogP contribution >= 0.6 is 0 Å². The van der Waals surface area contributed by atoms with Gasteiger partial charge in [-0.05, 0) is 19.1 Å². The second-order valence-corrected chi connectivity index (χ2v) is 4.24. The van der Waals surface area contributed by atoms with E-state index in [1.807, 2.05) is 0 Å². The van der Waals surface area contributed by atoms with Crippen molar-refractivity contribution in [3.05, 3.63) is 41.7 Å². The molecule has 2 rings (SSSR count). The normalized spacial score (nSPS) is 11.3. The van der Waals surface area contributed by atoms with Crippen LogP contribution in [0.5, 0.6) is 0 Å². The Morgan fingerprint density at radius 3 is 3.10 bits per heavy atom. The molecule has 0 aliphatic heterocycles. The fourth-order valence-electron chi connectivity index (χ4n) is 1.66. The highest BCUT2D eigenvalue weighted by Gasteiger charge is 2.16. The molecule has 3 N–H and O–H groups in total. The molecular weight excluding hydrogens is 270 g/mol. The summed E-state index contributed by atoms with van der Waals surface area (Å²) in [5.74, 6) is 5.84. The largest absolute Gasteiger partial charge is 0.395 e. The smallest absolute Gasteiger partial charge is 0.271 e. The molecule has 7 heteroatoms. The van der Waals surface area contributed by atoms with E-state index in [2.05, 4.69) is 37.3 Å². The molecular formula is C14H15N5O2. The first-order chi connectivity index (χ1) is 10.2. The minimum atomic E-state index is -0.340. The number of aliphatic hydroxyl groups excluding tert-OH is 1. The summed E-state index contributed by atoms with van der Waals surface area (Å²) in [6, 6.07) is 3.10. The van der Waals surface area contributed by atoms with Crippen LogP contribution in [0, 0.1) is 11.8 Å². The lowest BCUT2D eigenvalue weighted by molar-refractivity contribution is 0.0933. The van der Waals surface area contributed by atoms with Gasteiger partial charge in [0.2, 0.25) is 0 Å². The lowest BCUT2D eigenvalue weighted by Gasteiger charge is -2.11. The van der Waals surface area contributed by atoms with Crippen molar-refractivity contribution in [1.82, 2.24) is 25.5 Å². The molecule has 0 aliphatic carbocycles. The summed E-state index contributed by atoms with van der Waals surface area (Å²) in [5, 5.41) is 18.0. The van der Waals surface area contributed by atoms with Gasteiger partial charge in [0.1, 0.15) is 17.8 Å². The lowest BCUT2D eigenvalue weighted by atomic mass is 10.1. The van der Waals surface area contributed by atoms with Gasteiger partial charge in [0.25, 0.3) is 5.91 Å². The third-order valence-electron chi connectivity index (χ3n) is 2.67. The van der Waals surface area contributed by atoms with E-state index < -0.39 is 0 Å². The number of nitrogens with zero attached hydrogens (tertiary/aromatic N) is 3. The predicted molar refractivity (Wildman–Crippen MR) is 75.1 cm³/mol. The summed E-state index contributed by atoms with van der Waals surface area (Å²) in [6.07, 6.45) is 3.26. The predicted octanol–water partition coefficient (Wildman–Crippen LogP) is 0.425. The van der Waals surface area contributed by atoms with Crippen LogP contribution in [-0.2, 0) is 0 Å². The molecule has 2 heterocycles. The maximum atomic E-state index is 12.3. The highest BCUT2D eigenvalue weighted by molar-refractivity contribution is 5.94. The quantitative estimate of drug-likeness (QED) is 0.706. The van der Waals surface area contributed by atoms with Crippen molar-refractivity contribution in [3.63, 3.8) is 0 Å². The van der Waals surface area contributed by atoms with Crippen molar-refractivity contribution in [3.8, 4) is 11.8 Å². The van der Waals surface area contributed by atoms with E-state index in [9.17, 15) is 4.79 Å². The molecule has 0 aliphatic rings. The topological polar surface area (TPSA) is 104 Å². The molecule has 108 valence electrons. The molecule has 2 aromatic rings. The molecule has 21 heavy (non-hydrogen) atoms. The van der Waals surface area contributed by atoms with Gasteiger partial charge in [-0.2, -0.15) is 5.10 Å². The Bertz CT molecular complexity index is 657. The van der Waals surface area contributed by atoms with Crippen molar-refractivity contribution in [2.45, 2.75) is 19.4 Å². The van der Waals surface area contributed by atoms with Crippen LogP contribution in [0.4, 0.5) is 0 Å². The van der Waals surface area contributed by atoms with Gasteiger partial charge in [-0.1, -0.05) is 11.8 Å². The molecule has 0 fully saturated rings. The number of H-pyrrole nitrogens is 1. The average molecular weight is 285 g/mol. The molecule has 2 aromatic heterocycles. The number of amides is 1. The van der Waals surface area contributed by atoms with Gasteiger partial charge in [0.15, 0.2) is 0 Å². The number of aromatic nitrogens is 4. The van der Waals surface area contributed by atoms with Crippen LogP contribution in [0.2, 0.25) is 0 Å². The highest BCUT2D eigenvalue weighted by Crippen LogP contribution is 2.08. The van der Waals surface area contributed by atoms with Gasteiger partial charge in [0.05, 0.1) is 18.2 Å². The van der Waals surface area contributed by atoms with Gasteiger partial charge in [0, 0.05) is 12.6 Å². The van der Waals surface area contributed by atoms with Gasteiger partial charge in [-0.3, -0.25) is 9.89 Å². The number of rotatable bonds is 4. The summed E-state index contributed by atoms with van der Waals surface area (Å²) in [6.45, 7) is 1.77. The van der Waals surface area contributed by atoms with Gasteiger partial charge < -0.3 is 10.4 Å². The van der Waals surface area contributed by atoms with Crippen LogP contribution < -0.4 is 5.32 Å². The molecule has 7 nitrogen and oxygen atoms in total. The van der Waals surface area contributed by atoms with Crippen LogP contribution in [0.25, 0.3) is 0 Å². The third kappa shape index (κ3) is 3.87. The summed E-state index contributed by atoms with van der Waals surface area (Å²) < 4.78 is 0. The van der Waals surface area contributed by atoms with Gasteiger partial charge in [-0.15, -0.1) is 0 Å². The van der Waals surface area contributed by atoms with E-state index in [-0.39, 0.29) is 24.2 Å². The maximum Gasteiger partial charge on any atom is 0.271 e. The monoisotopic (exact) mass is 285 g/mol. The SMILES string of the molecule is CC(NC(=O)c1ncccc1C#CCCO)c1ncn[nH]1. The molecule has 0 saturated carbocycles. The zero-order valence-electron chi connectivity index (χ0n) is 11.5.